The van der Waals surface area contributed by atoms with E-state index in [0.717, 1.165) is 16.0 Å². The molecule has 0 saturated heterocycles. The fourth-order valence-electron chi connectivity index (χ4n) is 2.47. The largest absolute Gasteiger partial charge is 0.351 e. The molecule has 0 aliphatic heterocycles. The van der Waals surface area contributed by atoms with Crippen LogP contribution in [0.25, 0.3) is 10.2 Å². The van der Waals surface area contributed by atoms with Crippen LogP contribution in [0.3, 0.4) is 0 Å². The lowest BCUT2D eigenvalue weighted by molar-refractivity contribution is -0.118. The standard InChI is InChI=1S/C18H18FN3O2S2/c1-10-11(2)26-16-15(10)17(24)22(3)18(21-16)25-9-14(23)20-8-12-4-6-13(19)7-5-12/h4-7H,8-9H2,1-3H3,(H,20,23). The Morgan fingerprint density at radius 1 is 1.31 bits per heavy atom. The molecular formula is C18H18FN3O2S2. The van der Waals surface area contributed by atoms with E-state index in [1.165, 1.54) is 39.8 Å². The molecule has 0 bridgehead atoms. The van der Waals surface area contributed by atoms with Crippen molar-refractivity contribution in [1.82, 2.24) is 14.9 Å². The number of nitrogens with zero attached hydrogens (tertiary/aromatic N) is 2. The summed E-state index contributed by atoms with van der Waals surface area (Å²) in [6, 6.07) is 5.97. The molecule has 5 nitrogen and oxygen atoms in total. The van der Waals surface area contributed by atoms with Crippen LogP contribution in [0, 0.1) is 19.7 Å². The molecule has 0 aliphatic carbocycles. The molecule has 26 heavy (non-hydrogen) atoms. The van der Waals surface area contributed by atoms with Crippen LogP contribution in [-0.2, 0) is 18.4 Å². The monoisotopic (exact) mass is 391 g/mol. The summed E-state index contributed by atoms with van der Waals surface area (Å²) in [4.78, 5) is 30.9. The fourth-order valence-corrected chi connectivity index (χ4v) is 4.34. The van der Waals surface area contributed by atoms with E-state index in [-0.39, 0.29) is 23.0 Å². The van der Waals surface area contributed by atoms with Gasteiger partial charge in [-0.1, -0.05) is 23.9 Å². The highest BCUT2D eigenvalue weighted by Crippen LogP contribution is 2.27. The summed E-state index contributed by atoms with van der Waals surface area (Å²) in [6.45, 7) is 4.22. The molecule has 0 atom stereocenters. The molecule has 1 aromatic carbocycles. The van der Waals surface area contributed by atoms with Gasteiger partial charge in [0.1, 0.15) is 10.6 Å². The molecule has 1 amide bonds. The zero-order chi connectivity index (χ0) is 18.8. The van der Waals surface area contributed by atoms with Crippen LogP contribution in [0.1, 0.15) is 16.0 Å². The number of carbonyl (C=O) groups is 1. The van der Waals surface area contributed by atoms with Crippen molar-refractivity contribution < 1.29 is 9.18 Å². The van der Waals surface area contributed by atoms with E-state index in [0.29, 0.717) is 21.9 Å². The fraction of sp³-hybridized carbons (Fsp3) is 0.278. The van der Waals surface area contributed by atoms with Crippen LogP contribution in [0.2, 0.25) is 0 Å². The summed E-state index contributed by atoms with van der Waals surface area (Å²) in [5.41, 5.74) is 1.69. The molecule has 2 aromatic heterocycles. The van der Waals surface area contributed by atoms with Gasteiger partial charge in [-0.15, -0.1) is 11.3 Å². The number of rotatable bonds is 5. The number of hydrogen-bond donors (Lipinski definition) is 1. The Balaban J connectivity index is 1.67. The molecule has 0 aliphatic rings. The van der Waals surface area contributed by atoms with Crippen LogP contribution < -0.4 is 10.9 Å². The average molecular weight is 391 g/mol. The maximum atomic E-state index is 12.9. The van der Waals surface area contributed by atoms with Crippen molar-refractivity contribution in [1.29, 1.82) is 0 Å². The highest BCUT2D eigenvalue weighted by Gasteiger charge is 2.15. The molecule has 1 N–H and O–H groups in total. The molecule has 3 aromatic rings. The van der Waals surface area contributed by atoms with E-state index in [1.54, 1.807) is 19.2 Å². The molecular weight excluding hydrogens is 373 g/mol. The molecule has 0 saturated carbocycles. The summed E-state index contributed by atoms with van der Waals surface area (Å²) < 4.78 is 14.4. The van der Waals surface area contributed by atoms with Crippen LogP contribution in [0.5, 0.6) is 0 Å². The number of hydrogen-bond acceptors (Lipinski definition) is 5. The second kappa shape index (κ2) is 7.59. The minimum Gasteiger partial charge on any atom is -0.351 e. The maximum Gasteiger partial charge on any atom is 0.262 e. The molecule has 2 heterocycles. The maximum absolute atomic E-state index is 12.9. The van der Waals surface area contributed by atoms with Crippen molar-refractivity contribution in [2.24, 2.45) is 7.05 Å². The molecule has 8 heteroatoms. The molecule has 136 valence electrons. The molecule has 3 rings (SSSR count). The summed E-state index contributed by atoms with van der Waals surface area (Å²) in [7, 11) is 1.67. The second-order valence-electron chi connectivity index (χ2n) is 5.91. The van der Waals surface area contributed by atoms with Crippen molar-refractivity contribution in [3.63, 3.8) is 0 Å². The third kappa shape index (κ3) is 3.81. The van der Waals surface area contributed by atoms with E-state index in [9.17, 15) is 14.0 Å². The number of fused-ring (bicyclic) bond motifs is 1. The van der Waals surface area contributed by atoms with Crippen LogP contribution in [0.15, 0.2) is 34.2 Å². The van der Waals surface area contributed by atoms with E-state index in [4.69, 9.17) is 0 Å². The lowest BCUT2D eigenvalue weighted by atomic mass is 10.2. The SMILES string of the molecule is Cc1sc2nc(SCC(=O)NCc3ccc(F)cc3)n(C)c(=O)c2c1C. The van der Waals surface area contributed by atoms with Gasteiger partial charge in [0.2, 0.25) is 5.91 Å². The van der Waals surface area contributed by atoms with Crippen molar-refractivity contribution in [3.05, 3.63) is 56.4 Å². The van der Waals surface area contributed by atoms with Crippen LogP contribution in [0.4, 0.5) is 4.39 Å². The minimum atomic E-state index is -0.308. The number of halogens is 1. The Kier molecular flexibility index (Phi) is 5.43. The Hall–Kier alpha value is -2.19. The van der Waals surface area contributed by atoms with E-state index in [1.807, 2.05) is 13.8 Å². The van der Waals surface area contributed by atoms with Gasteiger partial charge < -0.3 is 5.32 Å². The van der Waals surface area contributed by atoms with E-state index in [2.05, 4.69) is 10.3 Å². The van der Waals surface area contributed by atoms with Gasteiger partial charge in [0.25, 0.3) is 5.56 Å². The minimum absolute atomic E-state index is 0.0916. The first kappa shape index (κ1) is 18.6. The lowest BCUT2D eigenvalue weighted by Crippen LogP contribution is -2.25. The van der Waals surface area contributed by atoms with Crippen molar-refractivity contribution in [2.45, 2.75) is 25.5 Å². The summed E-state index contributed by atoms with van der Waals surface area (Å²) in [5, 5.41) is 3.95. The van der Waals surface area contributed by atoms with E-state index >= 15 is 0 Å². The zero-order valence-electron chi connectivity index (χ0n) is 14.6. The first-order valence-corrected chi connectivity index (χ1v) is 9.77. The normalized spacial score (nSPS) is 11.1. The Morgan fingerprint density at radius 2 is 2.00 bits per heavy atom. The molecule has 0 unspecified atom stereocenters. The molecule has 0 spiro atoms. The van der Waals surface area contributed by atoms with Gasteiger partial charge in [0.05, 0.1) is 11.1 Å². The number of amides is 1. The third-order valence-electron chi connectivity index (χ3n) is 4.10. The Labute approximate surface area is 158 Å². The number of aromatic nitrogens is 2. The summed E-state index contributed by atoms with van der Waals surface area (Å²) >= 11 is 2.71. The topological polar surface area (TPSA) is 64.0 Å². The van der Waals surface area contributed by atoms with E-state index < -0.39 is 0 Å². The van der Waals surface area contributed by atoms with Gasteiger partial charge in [0.15, 0.2) is 5.16 Å². The predicted octanol–water partition coefficient (Wildman–Crippen LogP) is 3.16. The number of aryl methyl sites for hydroxylation is 2. The smallest absolute Gasteiger partial charge is 0.262 e. The van der Waals surface area contributed by atoms with Gasteiger partial charge in [-0.2, -0.15) is 0 Å². The van der Waals surface area contributed by atoms with Crippen LogP contribution in [-0.4, -0.2) is 21.2 Å². The number of thioether (sulfide) groups is 1. The molecule has 0 fully saturated rings. The molecule has 0 radical (unpaired) electrons. The zero-order valence-corrected chi connectivity index (χ0v) is 16.3. The quantitative estimate of drug-likeness (QED) is 0.536. The summed E-state index contributed by atoms with van der Waals surface area (Å²) in [6.07, 6.45) is 0. The third-order valence-corrected chi connectivity index (χ3v) is 6.24. The predicted molar refractivity (Wildman–Crippen MR) is 103 cm³/mol. The van der Waals surface area contributed by atoms with Crippen molar-refractivity contribution >= 4 is 39.2 Å². The van der Waals surface area contributed by atoms with Crippen molar-refractivity contribution in [2.75, 3.05) is 5.75 Å². The second-order valence-corrected chi connectivity index (χ2v) is 8.06. The Morgan fingerprint density at radius 3 is 2.69 bits per heavy atom. The highest BCUT2D eigenvalue weighted by molar-refractivity contribution is 7.99. The number of nitrogens with one attached hydrogen (secondary N) is 1. The Bertz CT molecular complexity index is 1030. The number of carbonyl (C=O) groups excluding carboxylic acids is 1. The van der Waals surface area contributed by atoms with Gasteiger partial charge in [-0.05, 0) is 37.1 Å². The van der Waals surface area contributed by atoms with Crippen LogP contribution >= 0.6 is 23.1 Å². The number of thiophene rings is 1. The van der Waals surface area contributed by atoms with Gasteiger partial charge in [-0.3, -0.25) is 14.2 Å². The number of benzene rings is 1. The van der Waals surface area contributed by atoms with Gasteiger partial charge in [0, 0.05) is 18.5 Å². The summed E-state index contributed by atoms with van der Waals surface area (Å²) in [5.74, 6) is -0.333. The van der Waals surface area contributed by atoms with Crippen molar-refractivity contribution in [3.8, 4) is 0 Å². The lowest BCUT2D eigenvalue weighted by Gasteiger charge is -2.08. The van der Waals surface area contributed by atoms with Gasteiger partial charge >= 0.3 is 0 Å². The first-order chi connectivity index (χ1) is 12.4. The highest BCUT2D eigenvalue weighted by atomic mass is 32.2. The average Bonchev–Trinajstić information content (AvgIpc) is 2.90. The first-order valence-electron chi connectivity index (χ1n) is 7.97. The van der Waals surface area contributed by atoms with Gasteiger partial charge in [-0.25, -0.2) is 9.37 Å².